The third-order valence-corrected chi connectivity index (χ3v) is 3.35. The number of halogens is 2. The predicted octanol–water partition coefficient (Wildman–Crippen LogP) is 4.60. The minimum Gasteiger partial charge on any atom is -0.294 e. The lowest BCUT2D eigenvalue weighted by atomic mass is 9.94. The van der Waals surface area contributed by atoms with Crippen LogP contribution in [0.5, 0.6) is 0 Å². The maximum atomic E-state index is 13.4. The number of hydrogen-bond acceptors (Lipinski definition) is 1. The fourth-order valence-corrected chi connectivity index (χ4v) is 2.02. The molecule has 1 aromatic rings. The molecule has 0 atom stereocenters. The quantitative estimate of drug-likeness (QED) is 0.723. The smallest absolute Gasteiger partial charge is 0.166 e. The number of carbonyl (C=O) groups excluding carboxylic acids is 1. The molecule has 16 heavy (non-hydrogen) atoms. The van der Waals surface area contributed by atoms with Crippen molar-refractivity contribution in [2.24, 2.45) is 5.92 Å². The van der Waals surface area contributed by atoms with Gasteiger partial charge in [-0.05, 0) is 24.1 Å². The van der Waals surface area contributed by atoms with Crippen LogP contribution in [0.15, 0.2) is 22.7 Å². The molecule has 0 aromatic heterocycles. The van der Waals surface area contributed by atoms with E-state index in [1.54, 1.807) is 12.1 Å². The topological polar surface area (TPSA) is 17.1 Å². The first kappa shape index (κ1) is 13.4. The maximum Gasteiger partial charge on any atom is 0.166 e. The van der Waals surface area contributed by atoms with Crippen molar-refractivity contribution >= 4 is 21.7 Å². The molecule has 0 N–H and O–H groups in total. The molecule has 0 aliphatic carbocycles. The summed E-state index contributed by atoms with van der Waals surface area (Å²) < 4.78 is 14.2. The zero-order chi connectivity index (χ0) is 12.1. The molecule has 0 spiro atoms. The van der Waals surface area contributed by atoms with E-state index in [1.807, 2.05) is 0 Å². The van der Waals surface area contributed by atoms with Crippen LogP contribution >= 0.6 is 15.9 Å². The Balaban J connectivity index is 2.83. The zero-order valence-electron chi connectivity index (χ0n) is 9.59. The second-order valence-corrected chi connectivity index (χ2v) is 4.85. The molecule has 0 unspecified atom stereocenters. The predicted molar refractivity (Wildman–Crippen MR) is 67.1 cm³/mol. The van der Waals surface area contributed by atoms with Gasteiger partial charge in [-0.1, -0.05) is 42.6 Å². The standard InChI is InChI=1S/C13H16BrFO/c1-3-9(4-2)7-13(16)11-8-10(14)5-6-12(11)15/h5-6,8-9H,3-4,7H2,1-2H3. The Kier molecular flexibility index (Phi) is 5.13. The fraction of sp³-hybridized carbons (Fsp3) is 0.462. The molecule has 3 heteroatoms. The van der Waals surface area contributed by atoms with Gasteiger partial charge in [-0.3, -0.25) is 4.79 Å². The summed E-state index contributed by atoms with van der Waals surface area (Å²) in [5, 5.41) is 0. The lowest BCUT2D eigenvalue weighted by molar-refractivity contribution is 0.0954. The van der Waals surface area contributed by atoms with Crippen LogP contribution in [-0.4, -0.2) is 5.78 Å². The van der Waals surface area contributed by atoms with Crippen molar-refractivity contribution in [3.8, 4) is 0 Å². The van der Waals surface area contributed by atoms with E-state index >= 15 is 0 Å². The van der Waals surface area contributed by atoms with E-state index in [0.29, 0.717) is 12.3 Å². The van der Waals surface area contributed by atoms with E-state index in [2.05, 4.69) is 29.8 Å². The first-order chi connectivity index (χ1) is 7.58. The van der Waals surface area contributed by atoms with Crippen LogP contribution < -0.4 is 0 Å². The molecule has 1 nitrogen and oxygen atoms in total. The largest absolute Gasteiger partial charge is 0.294 e. The van der Waals surface area contributed by atoms with Gasteiger partial charge in [0.05, 0.1) is 5.56 Å². The highest BCUT2D eigenvalue weighted by Crippen LogP contribution is 2.21. The molecule has 0 aliphatic heterocycles. The van der Waals surface area contributed by atoms with Crippen molar-refractivity contribution in [3.63, 3.8) is 0 Å². The van der Waals surface area contributed by atoms with E-state index in [9.17, 15) is 9.18 Å². The van der Waals surface area contributed by atoms with Crippen LogP contribution in [0.25, 0.3) is 0 Å². The Morgan fingerprint density at radius 3 is 2.56 bits per heavy atom. The molecule has 0 aliphatic rings. The average Bonchev–Trinajstić information content (AvgIpc) is 2.28. The highest BCUT2D eigenvalue weighted by molar-refractivity contribution is 9.10. The van der Waals surface area contributed by atoms with Crippen LogP contribution in [0.3, 0.4) is 0 Å². The van der Waals surface area contributed by atoms with Gasteiger partial charge in [0, 0.05) is 10.9 Å². The number of hydrogen-bond donors (Lipinski definition) is 0. The van der Waals surface area contributed by atoms with E-state index in [0.717, 1.165) is 17.3 Å². The number of Topliss-reactive ketones (excluding diaryl/α,β-unsaturated/α-hetero) is 1. The molecule has 0 saturated heterocycles. The first-order valence-corrected chi connectivity index (χ1v) is 6.36. The number of carbonyl (C=O) groups is 1. The minimum absolute atomic E-state index is 0.104. The Morgan fingerprint density at radius 1 is 1.38 bits per heavy atom. The summed E-state index contributed by atoms with van der Waals surface area (Å²) in [6.45, 7) is 4.11. The van der Waals surface area contributed by atoms with Gasteiger partial charge in [0.2, 0.25) is 0 Å². The van der Waals surface area contributed by atoms with Gasteiger partial charge < -0.3 is 0 Å². The van der Waals surface area contributed by atoms with E-state index in [4.69, 9.17) is 0 Å². The highest BCUT2D eigenvalue weighted by atomic mass is 79.9. The van der Waals surface area contributed by atoms with Crippen LogP contribution in [0.2, 0.25) is 0 Å². The number of rotatable bonds is 5. The van der Waals surface area contributed by atoms with Gasteiger partial charge in [0.15, 0.2) is 5.78 Å². The molecular formula is C13H16BrFO. The summed E-state index contributed by atoms with van der Waals surface area (Å²) in [6.07, 6.45) is 2.34. The van der Waals surface area contributed by atoms with Crippen molar-refractivity contribution in [2.45, 2.75) is 33.1 Å². The molecule has 1 rings (SSSR count). The third kappa shape index (κ3) is 3.41. The van der Waals surface area contributed by atoms with Crippen LogP contribution in [0.1, 0.15) is 43.5 Å². The Bertz CT molecular complexity index is 372. The zero-order valence-corrected chi connectivity index (χ0v) is 11.2. The summed E-state index contributed by atoms with van der Waals surface area (Å²) >= 11 is 3.25. The summed E-state index contributed by atoms with van der Waals surface area (Å²) in [5.41, 5.74) is 0.196. The van der Waals surface area contributed by atoms with Crippen molar-refractivity contribution in [3.05, 3.63) is 34.1 Å². The van der Waals surface area contributed by atoms with Crippen LogP contribution in [0, 0.1) is 11.7 Å². The normalized spacial score (nSPS) is 10.8. The van der Waals surface area contributed by atoms with Crippen molar-refractivity contribution in [2.75, 3.05) is 0 Å². The molecule has 0 radical (unpaired) electrons. The van der Waals surface area contributed by atoms with E-state index in [-0.39, 0.29) is 11.3 Å². The molecule has 0 saturated carbocycles. The summed E-state index contributed by atoms with van der Waals surface area (Å²) in [7, 11) is 0. The lowest BCUT2D eigenvalue weighted by Gasteiger charge is -2.11. The van der Waals surface area contributed by atoms with Crippen molar-refractivity contribution < 1.29 is 9.18 Å². The average molecular weight is 287 g/mol. The number of benzene rings is 1. The SMILES string of the molecule is CCC(CC)CC(=O)c1cc(Br)ccc1F. The first-order valence-electron chi connectivity index (χ1n) is 5.56. The van der Waals surface area contributed by atoms with E-state index in [1.165, 1.54) is 6.07 Å². The van der Waals surface area contributed by atoms with Gasteiger partial charge >= 0.3 is 0 Å². The minimum atomic E-state index is -0.431. The second-order valence-electron chi connectivity index (χ2n) is 3.93. The van der Waals surface area contributed by atoms with Crippen molar-refractivity contribution in [1.82, 2.24) is 0 Å². The highest BCUT2D eigenvalue weighted by Gasteiger charge is 2.16. The lowest BCUT2D eigenvalue weighted by Crippen LogP contribution is -2.09. The third-order valence-electron chi connectivity index (χ3n) is 2.86. The molecule has 0 heterocycles. The van der Waals surface area contributed by atoms with Crippen molar-refractivity contribution in [1.29, 1.82) is 0 Å². The molecule has 0 fully saturated rings. The number of ketones is 1. The summed E-state index contributed by atoms with van der Waals surface area (Å²) in [6, 6.07) is 4.48. The maximum absolute atomic E-state index is 13.4. The monoisotopic (exact) mass is 286 g/mol. The van der Waals surface area contributed by atoms with Gasteiger partial charge in [0.25, 0.3) is 0 Å². The van der Waals surface area contributed by atoms with Gasteiger partial charge in [-0.2, -0.15) is 0 Å². The second kappa shape index (κ2) is 6.14. The summed E-state index contributed by atoms with van der Waals surface area (Å²) in [4.78, 5) is 11.9. The molecule has 88 valence electrons. The Labute approximate surface area is 104 Å². The van der Waals surface area contributed by atoms with Gasteiger partial charge in [-0.15, -0.1) is 0 Å². The fourth-order valence-electron chi connectivity index (χ4n) is 1.66. The molecule has 0 bridgehead atoms. The van der Waals surface area contributed by atoms with Crippen LogP contribution in [-0.2, 0) is 0 Å². The molecule has 0 amide bonds. The van der Waals surface area contributed by atoms with E-state index < -0.39 is 5.82 Å². The summed E-state index contributed by atoms with van der Waals surface area (Å²) in [5.74, 6) is -0.183. The van der Waals surface area contributed by atoms with Gasteiger partial charge in [-0.25, -0.2) is 4.39 Å². The Morgan fingerprint density at radius 2 is 2.00 bits per heavy atom. The molecular weight excluding hydrogens is 271 g/mol. The van der Waals surface area contributed by atoms with Gasteiger partial charge in [0.1, 0.15) is 5.82 Å². The Hall–Kier alpha value is -0.700. The molecule has 1 aromatic carbocycles. The van der Waals surface area contributed by atoms with Crippen LogP contribution in [0.4, 0.5) is 4.39 Å².